The van der Waals surface area contributed by atoms with Crippen molar-refractivity contribution in [3.05, 3.63) is 29.3 Å². The highest BCUT2D eigenvalue weighted by molar-refractivity contribution is 7.89. The molecule has 5 nitrogen and oxygen atoms in total. The van der Waals surface area contributed by atoms with Gasteiger partial charge < -0.3 is 4.90 Å². The van der Waals surface area contributed by atoms with Crippen molar-refractivity contribution < 1.29 is 13.2 Å². The Labute approximate surface area is 125 Å². The van der Waals surface area contributed by atoms with Crippen molar-refractivity contribution in [3.8, 4) is 0 Å². The van der Waals surface area contributed by atoms with E-state index in [4.69, 9.17) is 11.6 Å². The summed E-state index contributed by atoms with van der Waals surface area (Å²) in [6.07, 6.45) is 0.632. The Kier molecular flexibility index (Phi) is 5.98. The highest BCUT2D eigenvalue weighted by atomic mass is 35.5. The van der Waals surface area contributed by atoms with Crippen LogP contribution in [-0.4, -0.2) is 50.7 Å². The Balaban J connectivity index is 3.05. The first-order valence-corrected chi connectivity index (χ1v) is 8.06. The van der Waals surface area contributed by atoms with Gasteiger partial charge in [0.25, 0.3) is 0 Å². The quantitative estimate of drug-likeness (QED) is 0.804. The zero-order chi connectivity index (χ0) is 15.3. The van der Waals surface area contributed by atoms with Crippen LogP contribution in [0.15, 0.2) is 29.2 Å². The summed E-state index contributed by atoms with van der Waals surface area (Å²) < 4.78 is 26.2. The molecule has 0 aliphatic rings. The molecule has 0 saturated heterocycles. The number of benzene rings is 1. The molecule has 0 radical (unpaired) electrons. The molecule has 0 bridgehead atoms. The smallest absolute Gasteiger partial charge is 0.243 e. The lowest BCUT2D eigenvalue weighted by atomic mass is 10.4. The number of sulfonamides is 1. The van der Waals surface area contributed by atoms with Crippen LogP contribution in [0.25, 0.3) is 0 Å². The van der Waals surface area contributed by atoms with Crippen LogP contribution in [0.2, 0.25) is 5.02 Å². The standard InChI is InChI=1S/C13H19ClN2O3S/c1-4-9-16(10-13(17)15(2)3)20(18,19)12-7-5-11(14)6-8-12/h5-8H,4,9-10H2,1-3H3. The van der Waals surface area contributed by atoms with E-state index < -0.39 is 10.0 Å². The van der Waals surface area contributed by atoms with Crippen LogP contribution in [0.3, 0.4) is 0 Å². The van der Waals surface area contributed by atoms with E-state index >= 15 is 0 Å². The zero-order valence-electron chi connectivity index (χ0n) is 11.8. The summed E-state index contributed by atoms with van der Waals surface area (Å²) in [5, 5.41) is 0.468. The van der Waals surface area contributed by atoms with Gasteiger partial charge in [-0.3, -0.25) is 4.79 Å². The van der Waals surface area contributed by atoms with Gasteiger partial charge >= 0.3 is 0 Å². The minimum atomic E-state index is -3.68. The maximum atomic E-state index is 12.5. The van der Waals surface area contributed by atoms with E-state index in [1.54, 1.807) is 14.1 Å². The summed E-state index contributed by atoms with van der Waals surface area (Å²) in [5.74, 6) is -0.254. The molecule has 1 aromatic rings. The van der Waals surface area contributed by atoms with Crippen LogP contribution in [0.1, 0.15) is 13.3 Å². The van der Waals surface area contributed by atoms with E-state index in [1.807, 2.05) is 6.92 Å². The lowest BCUT2D eigenvalue weighted by Crippen LogP contribution is -2.40. The highest BCUT2D eigenvalue weighted by Crippen LogP contribution is 2.18. The Morgan fingerprint density at radius 2 is 1.75 bits per heavy atom. The lowest BCUT2D eigenvalue weighted by Gasteiger charge is -2.22. The maximum Gasteiger partial charge on any atom is 0.243 e. The molecular weight excluding hydrogens is 300 g/mol. The van der Waals surface area contributed by atoms with Gasteiger partial charge in [0.2, 0.25) is 15.9 Å². The Bertz CT molecular complexity index is 555. The van der Waals surface area contributed by atoms with Gasteiger partial charge in [0.15, 0.2) is 0 Å². The number of halogens is 1. The third-order valence-electron chi connectivity index (χ3n) is 2.73. The van der Waals surface area contributed by atoms with Crippen molar-refractivity contribution in [2.24, 2.45) is 0 Å². The van der Waals surface area contributed by atoms with Gasteiger partial charge in [0.05, 0.1) is 11.4 Å². The van der Waals surface area contributed by atoms with E-state index in [-0.39, 0.29) is 17.3 Å². The Morgan fingerprint density at radius 3 is 2.20 bits per heavy atom. The summed E-state index contributed by atoms with van der Waals surface area (Å²) in [5.41, 5.74) is 0. The van der Waals surface area contributed by atoms with Crippen LogP contribution in [0.4, 0.5) is 0 Å². The van der Waals surface area contributed by atoms with Crippen molar-refractivity contribution in [2.45, 2.75) is 18.2 Å². The Morgan fingerprint density at radius 1 is 1.20 bits per heavy atom. The molecule has 0 heterocycles. The molecule has 0 aliphatic carbocycles. The molecule has 0 aliphatic heterocycles. The van der Waals surface area contributed by atoms with Gasteiger partial charge in [-0.05, 0) is 30.7 Å². The van der Waals surface area contributed by atoms with Crippen molar-refractivity contribution in [1.82, 2.24) is 9.21 Å². The van der Waals surface area contributed by atoms with E-state index in [0.717, 1.165) is 0 Å². The van der Waals surface area contributed by atoms with Gasteiger partial charge in [0.1, 0.15) is 0 Å². The number of carbonyl (C=O) groups excluding carboxylic acids is 1. The van der Waals surface area contributed by atoms with E-state index in [9.17, 15) is 13.2 Å². The summed E-state index contributed by atoms with van der Waals surface area (Å²) in [6.45, 7) is 2.00. The number of hydrogen-bond acceptors (Lipinski definition) is 3. The molecule has 0 N–H and O–H groups in total. The third kappa shape index (κ3) is 4.19. The SMILES string of the molecule is CCCN(CC(=O)N(C)C)S(=O)(=O)c1ccc(Cl)cc1. The number of hydrogen-bond donors (Lipinski definition) is 0. The molecule has 0 fully saturated rings. The van der Waals surface area contributed by atoms with Gasteiger partial charge in [-0.2, -0.15) is 4.31 Å². The molecule has 0 saturated carbocycles. The molecule has 0 aromatic heterocycles. The summed E-state index contributed by atoms with van der Waals surface area (Å²) >= 11 is 5.76. The maximum absolute atomic E-state index is 12.5. The molecular formula is C13H19ClN2O3S. The van der Waals surface area contributed by atoms with Gasteiger partial charge in [-0.1, -0.05) is 18.5 Å². The predicted octanol–water partition coefficient (Wildman–Crippen LogP) is 1.83. The van der Waals surface area contributed by atoms with E-state index in [0.29, 0.717) is 18.0 Å². The van der Waals surface area contributed by atoms with Crippen molar-refractivity contribution in [3.63, 3.8) is 0 Å². The fourth-order valence-electron chi connectivity index (χ4n) is 1.58. The average Bonchev–Trinajstić information content (AvgIpc) is 2.38. The zero-order valence-corrected chi connectivity index (χ0v) is 13.4. The number of nitrogens with zero attached hydrogens (tertiary/aromatic N) is 2. The molecule has 0 spiro atoms. The first-order chi connectivity index (χ1) is 9.28. The van der Waals surface area contributed by atoms with Gasteiger partial charge in [-0.15, -0.1) is 0 Å². The second-order valence-electron chi connectivity index (χ2n) is 4.58. The average molecular weight is 319 g/mol. The van der Waals surface area contributed by atoms with Crippen LogP contribution in [-0.2, 0) is 14.8 Å². The fourth-order valence-corrected chi connectivity index (χ4v) is 3.19. The first-order valence-electron chi connectivity index (χ1n) is 6.25. The monoisotopic (exact) mass is 318 g/mol. The van der Waals surface area contributed by atoms with Crippen molar-refractivity contribution >= 4 is 27.5 Å². The molecule has 1 amide bonds. The van der Waals surface area contributed by atoms with E-state index in [2.05, 4.69) is 0 Å². The lowest BCUT2D eigenvalue weighted by molar-refractivity contribution is -0.128. The molecule has 0 unspecified atom stereocenters. The predicted molar refractivity (Wildman–Crippen MR) is 79.2 cm³/mol. The topological polar surface area (TPSA) is 57.7 Å². The number of rotatable bonds is 6. The normalized spacial score (nSPS) is 11.7. The summed E-state index contributed by atoms with van der Waals surface area (Å²) in [7, 11) is -0.484. The summed E-state index contributed by atoms with van der Waals surface area (Å²) in [6, 6.07) is 5.93. The van der Waals surface area contributed by atoms with Crippen LogP contribution >= 0.6 is 11.6 Å². The third-order valence-corrected chi connectivity index (χ3v) is 4.85. The van der Waals surface area contributed by atoms with Crippen molar-refractivity contribution in [2.75, 3.05) is 27.2 Å². The van der Waals surface area contributed by atoms with Crippen LogP contribution < -0.4 is 0 Å². The fraction of sp³-hybridized carbons (Fsp3) is 0.462. The highest BCUT2D eigenvalue weighted by Gasteiger charge is 2.26. The number of amides is 1. The molecule has 1 rings (SSSR count). The molecule has 20 heavy (non-hydrogen) atoms. The molecule has 0 atom stereocenters. The van der Waals surface area contributed by atoms with Crippen molar-refractivity contribution in [1.29, 1.82) is 0 Å². The number of likely N-dealkylation sites (N-methyl/N-ethyl adjacent to an activating group) is 1. The first kappa shape index (κ1) is 16.9. The van der Waals surface area contributed by atoms with Gasteiger partial charge in [-0.25, -0.2) is 8.42 Å². The molecule has 7 heteroatoms. The second-order valence-corrected chi connectivity index (χ2v) is 6.96. The van der Waals surface area contributed by atoms with Crippen LogP contribution in [0, 0.1) is 0 Å². The number of carbonyl (C=O) groups is 1. The minimum absolute atomic E-state index is 0.141. The van der Waals surface area contributed by atoms with Gasteiger partial charge in [0, 0.05) is 25.7 Å². The molecule has 1 aromatic carbocycles. The second kappa shape index (κ2) is 7.06. The summed E-state index contributed by atoms with van der Waals surface area (Å²) in [4.78, 5) is 13.3. The molecule has 112 valence electrons. The largest absolute Gasteiger partial charge is 0.348 e. The minimum Gasteiger partial charge on any atom is -0.348 e. The Hall–Kier alpha value is -1.11. The van der Waals surface area contributed by atoms with E-state index in [1.165, 1.54) is 33.5 Å². The van der Waals surface area contributed by atoms with Crippen LogP contribution in [0.5, 0.6) is 0 Å².